The molecule has 0 spiro atoms. The van der Waals surface area contributed by atoms with Crippen molar-refractivity contribution in [1.29, 1.82) is 0 Å². The van der Waals surface area contributed by atoms with E-state index in [0.717, 1.165) is 11.1 Å². The van der Waals surface area contributed by atoms with E-state index in [1.54, 1.807) is 13.2 Å². The van der Waals surface area contributed by atoms with Crippen molar-refractivity contribution >= 4 is 23.5 Å². The number of carboxylic acid groups (broad SMARTS) is 1. The molecule has 1 aliphatic carbocycles. The molecule has 0 heterocycles. The van der Waals surface area contributed by atoms with Gasteiger partial charge in [0.05, 0.1) is 33.1 Å². The minimum atomic E-state index is -1.11. The van der Waals surface area contributed by atoms with Crippen LogP contribution in [0.4, 0.5) is 5.69 Å². The van der Waals surface area contributed by atoms with E-state index in [1.807, 2.05) is 12.1 Å². The Balaban J connectivity index is 2.00. The highest BCUT2D eigenvalue weighted by Gasteiger charge is 2.29. The Labute approximate surface area is 226 Å². The fraction of sp³-hybridized carbons (Fsp3) is 0.429. The summed E-state index contributed by atoms with van der Waals surface area (Å²) >= 11 is 0. The van der Waals surface area contributed by atoms with E-state index >= 15 is 0 Å². The summed E-state index contributed by atoms with van der Waals surface area (Å²) in [7, 11) is 4.61. The Bertz CT molecular complexity index is 1310. The maximum atomic E-state index is 13.3. The third-order valence-corrected chi connectivity index (χ3v) is 6.56. The van der Waals surface area contributed by atoms with Gasteiger partial charge in [-0.15, -0.1) is 0 Å². The van der Waals surface area contributed by atoms with E-state index < -0.39 is 18.1 Å². The van der Waals surface area contributed by atoms with E-state index in [9.17, 15) is 19.2 Å². The van der Waals surface area contributed by atoms with Crippen LogP contribution >= 0.6 is 0 Å². The first kappa shape index (κ1) is 29.3. The first-order valence-electron chi connectivity index (χ1n) is 12.6. The summed E-state index contributed by atoms with van der Waals surface area (Å²) in [5, 5.41) is 17.4. The average molecular weight is 542 g/mol. The van der Waals surface area contributed by atoms with Gasteiger partial charge < -0.3 is 35.3 Å². The average Bonchev–Trinajstić information content (AvgIpc) is 3.13. The molecular formula is C28H35N3O8. The van der Waals surface area contributed by atoms with Crippen LogP contribution in [0.2, 0.25) is 0 Å². The quantitative estimate of drug-likeness (QED) is 0.315. The molecule has 0 fully saturated rings. The summed E-state index contributed by atoms with van der Waals surface area (Å²) in [6.07, 6.45) is 1.63. The lowest BCUT2D eigenvalue weighted by Crippen LogP contribution is -2.38. The number of hydrogen-bond acceptors (Lipinski definition) is 8. The van der Waals surface area contributed by atoms with E-state index in [1.165, 1.54) is 34.1 Å². The largest absolute Gasteiger partial charge is 0.493 e. The summed E-state index contributed by atoms with van der Waals surface area (Å²) in [5.41, 5.74) is 3.08. The third-order valence-electron chi connectivity index (χ3n) is 6.56. The number of aryl methyl sites for hydroxylation is 1. The van der Waals surface area contributed by atoms with Crippen LogP contribution in [0.1, 0.15) is 50.3 Å². The van der Waals surface area contributed by atoms with Crippen molar-refractivity contribution in [2.75, 3.05) is 33.2 Å². The number of anilines is 1. The lowest BCUT2D eigenvalue weighted by Gasteiger charge is -2.19. The number of ether oxygens (including phenoxy) is 3. The second-order valence-electron chi connectivity index (χ2n) is 9.25. The van der Waals surface area contributed by atoms with E-state index in [0.29, 0.717) is 59.9 Å². The first-order chi connectivity index (χ1) is 18.6. The molecule has 210 valence electrons. The summed E-state index contributed by atoms with van der Waals surface area (Å²) in [6, 6.07) is 5.50. The van der Waals surface area contributed by atoms with Gasteiger partial charge >= 0.3 is 5.97 Å². The van der Waals surface area contributed by atoms with Gasteiger partial charge in [0.1, 0.15) is 6.04 Å². The lowest BCUT2D eigenvalue weighted by molar-refractivity contribution is -0.141. The predicted octanol–water partition coefficient (Wildman–Crippen LogP) is 2.64. The first-order valence-corrected chi connectivity index (χ1v) is 12.6. The smallest absolute Gasteiger partial charge is 0.325 e. The summed E-state index contributed by atoms with van der Waals surface area (Å²) in [4.78, 5) is 48.2. The van der Waals surface area contributed by atoms with Crippen LogP contribution in [0, 0.1) is 0 Å². The number of nitrogens with one attached hydrogen (secondary N) is 3. The minimum Gasteiger partial charge on any atom is -0.493 e. The highest BCUT2D eigenvalue weighted by atomic mass is 16.5. The van der Waals surface area contributed by atoms with Crippen LogP contribution < -0.4 is 35.6 Å². The number of amides is 2. The molecule has 2 atom stereocenters. The van der Waals surface area contributed by atoms with Gasteiger partial charge in [-0.3, -0.25) is 19.2 Å². The van der Waals surface area contributed by atoms with Crippen LogP contribution in [0.25, 0.3) is 11.1 Å². The van der Waals surface area contributed by atoms with Crippen molar-refractivity contribution in [2.24, 2.45) is 0 Å². The Morgan fingerprint density at radius 3 is 2.41 bits per heavy atom. The standard InChI is InChI=1S/C28H35N3O8/c1-15(28(35)36)30-24(34)7-6-12-29-21-11-9-18-19(14-22(21)33)20(31-16(2)32)10-8-17-13-23(37-3)26(38-4)27(39-5)25(17)18/h9,11,13-15,20H,6-8,10,12H2,1-5H3,(H,29,33)(H,30,34)(H,31,32)(H,35,36). The van der Waals surface area contributed by atoms with E-state index in [4.69, 9.17) is 19.3 Å². The highest BCUT2D eigenvalue weighted by molar-refractivity contribution is 5.84. The zero-order chi connectivity index (χ0) is 28.7. The molecule has 11 nitrogen and oxygen atoms in total. The van der Waals surface area contributed by atoms with Crippen LogP contribution in [0.15, 0.2) is 29.1 Å². The van der Waals surface area contributed by atoms with Gasteiger partial charge in [-0.1, -0.05) is 6.07 Å². The Kier molecular flexibility index (Phi) is 9.75. The molecule has 2 amide bonds. The number of carboxylic acids is 1. The van der Waals surface area contributed by atoms with Gasteiger partial charge in [0.15, 0.2) is 11.5 Å². The van der Waals surface area contributed by atoms with Gasteiger partial charge in [-0.2, -0.15) is 0 Å². The van der Waals surface area contributed by atoms with Gasteiger partial charge in [0, 0.05) is 25.5 Å². The maximum Gasteiger partial charge on any atom is 0.325 e. The molecule has 39 heavy (non-hydrogen) atoms. The van der Waals surface area contributed by atoms with Crippen molar-refractivity contribution in [1.82, 2.24) is 10.6 Å². The number of fused-ring (bicyclic) bond motifs is 3. The SMILES string of the molecule is COc1cc2c(c(OC)c1OC)-c1ccc(NCCCC(=O)NC(C)C(=O)O)c(=O)cc1C(NC(C)=O)CC2. The van der Waals surface area contributed by atoms with Crippen molar-refractivity contribution in [3.8, 4) is 28.4 Å². The number of aliphatic carboxylic acids is 1. The minimum absolute atomic E-state index is 0.102. The van der Waals surface area contributed by atoms with Crippen molar-refractivity contribution in [3.05, 3.63) is 45.6 Å². The molecule has 2 aromatic carbocycles. The van der Waals surface area contributed by atoms with Gasteiger partial charge in [-0.25, -0.2) is 0 Å². The number of methoxy groups -OCH3 is 3. The monoisotopic (exact) mass is 541 g/mol. The summed E-state index contributed by atoms with van der Waals surface area (Å²) in [6.45, 7) is 3.15. The molecule has 0 bridgehead atoms. The molecule has 0 aromatic heterocycles. The van der Waals surface area contributed by atoms with Crippen molar-refractivity contribution in [3.63, 3.8) is 0 Å². The fourth-order valence-electron chi connectivity index (χ4n) is 4.70. The molecule has 0 saturated heterocycles. The Morgan fingerprint density at radius 2 is 1.79 bits per heavy atom. The van der Waals surface area contributed by atoms with Gasteiger partial charge in [0.25, 0.3) is 0 Å². The topological polar surface area (TPSA) is 152 Å². The highest BCUT2D eigenvalue weighted by Crippen LogP contribution is 2.50. The van der Waals surface area contributed by atoms with Gasteiger partial charge in [0.2, 0.25) is 23.0 Å². The van der Waals surface area contributed by atoms with Crippen LogP contribution in [0.5, 0.6) is 17.2 Å². The van der Waals surface area contributed by atoms with Crippen molar-refractivity contribution < 1.29 is 33.7 Å². The predicted molar refractivity (Wildman–Crippen MR) is 146 cm³/mol. The molecule has 1 aliphatic rings. The third kappa shape index (κ3) is 6.78. The fourth-order valence-corrected chi connectivity index (χ4v) is 4.70. The molecule has 2 aromatic rings. The normalized spacial score (nSPS) is 14.5. The molecule has 2 unspecified atom stereocenters. The number of rotatable bonds is 11. The van der Waals surface area contributed by atoms with E-state index in [2.05, 4.69) is 16.0 Å². The lowest BCUT2D eigenvalue weighted by atomic mass is 9.95. The summed E-state index contributed by atoms with van der Waals surface area (Å²) in [5.74, 6) is -0.309. The molecule has 0 radical (unpaired) electrons. The number of hydrogen-bond donors (Lipinski definition) is 4. The molecular weight excluding hydrogens is 506 g/mol. The Morgan fingerprint density at radius 1 is 1.08 bits per heavy atom. The molecule has 4 N–H and O–H groups in total. The zero-order valence-electron chi connectivity index (χ0n) is 22.8. The molecule has 11 heteroatoms. The van der Waals surface area contributed by atoms with E-state index in [-0.39, 0.29) is 23.7 Å². The van der Waals surface area contributed by atoms with Gasteiger partial charge in [-0.05, 0) is 61.1 Å². The molecule has 0 aliphatic heterocycles. The number of benzene rings is 1. The van der Waals surface area contributed by atoms with Crippen LogP contribution in [-0.2, 0) is 20.8 Å². The van der Waals surface area contributed by atoms with Crippen molar-refractivity contribution in [2.45, 2.75) is 51.6 Å². The number of carbonyl (C=O) groups is 3. The van der Waals surface area contributed by atoms with Crippen LogP contribution in [0.3, 0.4) is 0 Å². The molecule has 0 saturated carbocycles. The zero-order valence-corrected chi connectivity index (χ0v) is 22.8. The second-order valence-corrected chi connectivity index (χ2v) is 9.25. The van der Waals surface area contributed by atoms with Crippen LogP contribution in [-0.4, -0.2) is 56.8 Å². The number of carbonyl (C=O) groups excluding carboxylic acids is 2. The maximum absolute atomic E-state index is 13.3. The molecule has 3 rings (SSSR count). The summed E-state index contributed by atoms with van der Waals surface area (Å²) < 4.78 is 16.9. The second kappa shape index (κ2) is 13.0. The Hall–Kier alpha value is -4.28.